The summed E-state index contributed by atoms with van der Waals surface area (Å²) in [6.07, 6.45) is 7.39. The van der Waals surface area contributed by atoms with Crippen molar-refractivity contribution in [2.75, 3.05) is 26.2 Å². The molecule has 3 amide bonds. The first-order valence-electron chi connectivity index (χ1n) is 9.82. The molecule has 2 fully saturated rings. The third kappa shape index (κ3) is 4.54. The first-order valence-corrected chi connectivity index (χ1v) is 9.82. The van der Waals surface area contributed by atoms with Crippen LogP contribution < -0.4 is 5.32 Å². The van der Waals surface area contributed by atoms with Crippen molar-refractivity contribution in [1.29, 1.82) is 0 Å². The molecule has 6 heteroatoms. The van der Waals surface area contributed by atoms with Gasteiger partial charge in [0.25, 0.3) is 0 Å². The number of pyridine rings is 1. The van der Waals surface area contributed by atoms with Crippen molar-refractivity contribution in [3.8, 4) is 0 Å². The van der Waals surface area contributed by atoms with Gasteiger partial charge in [-0.2, -0.15) is 0 Å². The topological polar surface area (TPSA) is 65.5 Å². The Balaban J connectivity index is 1.62. The molecule has 0 radical (unpaired) electrons. The van der Waals surface area contributed by atoms with Crippen molar-refractivity contribution < 1.29 is 9.59 Å². The SMILES string of the molecule is CCCCNC(=O)N1CCC[C@@]2(CCC(=O)N(Cc3ccccn3)C2)C1. The molecule has 1 atom stereocenters. The highest BCUT2D eigenvalue weighted by molar-refractivity contribution is 5.77. The lowest BCUT2D eigenvalue weighted by Gasteiger charge is -2.48. The number of piperidine rings is 2. The average Bonchev–Trinajstić information content (AvgIpc) is 2.66. The molecule has 0 saturated carbocycles. The number of hydrogen-bond acceptors (Lipinski definition) is 3. The highest BCUT2D eigenvalue weighted by atomic mass is 16.2. The van der Waals surface area contributed by atoms with Crippen LogP contribution in [0.15, 0.2) is 24.4 Å². The first-order chi connectivity index (χ1) is 12.6. The van der Waals surface area contributed by atoms with E-state index in [-0.39, 0.29) is 17.4 Å². The molecule has 0 bridgehead atoms. The lowest BCUT2D eigenvalue weighted by Crippen LogP contribution is -2.56. The molecule has 0 aliphatic carbocycles. The fourth-order valence-corrected chi connectivity index (χ4v) is 4.13. The standard InChI is InChI=1S/C20H30N4O2/c1-2-3-11-22-19(26)23-13-6-9-20(15-23)10-8-18(25)24(16-20)14-17-7-4-5-12-21-17/h4-5,7,12H,2-3,6,8-11,13-16H2,1H3,(H,22,26)/t20-/m1/s1. The van der Waals surface area contributed by atoms with Crippen molar-refractivity contribution in [2.24, 2.45) is 5.41 Å². The van der Waals surface area contributed by atoms with Gasteiger partial charge in [0.2, 0.25) is 5.91 Å². The molecule has 3 heterocycles. The monoisotopic (exact) mass is 358 g/mol. The summed E-state index contributed by atoms with van der Waals surface area (Å²) < 4.78 is 0. The zero-order valence-corrected chi connectivity index (χ0v) is 15.7. The van der Waals surface area contributed by atoms with E-state index in [0.717, 1.165) is 64.0 Å². The second-order valence-electron chi connectivity index (χ2n) is 7.68. The van der Waals surface area contributed by atoms with E-state index in [1.165, 1.54) is 0 Å². The van der Waals surface area contributed by atoms with Gasteiger partial charge in [-0.1, -0.05) is 19.4 Å². The molecule has 2 aliphatic rings. The number of amides is 3. The lowest BCUT2D eigenvalue weighted by molar-refractivity contribution is -0.139. The van der Waals surface area contributed by atoms with Gasteiger partial charge in [0.15, 0.2) is 0 Å². The highest BCUT2D eigenvalue weighted by Gasteiger charge is 2.42. The van der Waals surface area contributed by atoms with Gasteiger partial charge < -0.3 is 15.1 Å². The molecule has 2 saturated heterocycles. The Kier molecular flexibility index (Phi) is 6.12. The minimum atomic E-state index is 0.0308. The Bertz CT molecular complexity index is 621. The van der Waals surface area contributed by atoms with E-state index < -0.39 is 0 Å². The molecule has 0 aromatic carbocycles. The van der Waals surface area contributed by atoms with Crippen molar-refractivity contribution >= 4 is 11.9 Å². The Morgan fingerprint density at radius 2 is 2.19 bits per heavy atom. The van der Waals surface area contributed by atoms with Gasteiger partial charge in [0, 0.05) is 44.2 Å². The van der Waals surface area contributed by atoms with E-state index in [2.05, 4.69) is 17.2 Å². The van der Waals surface area contributed by atoms with Crippen LogP contribution in [0, 0.1) is 5.41 Å². The smallest absolute Gasteiger partial charge is 0.317 e. The summed E-state index contributed by atoms with van der Waals surface area (Å²) in [7, 11) is 0. The predicted octanol–water partition coefficient (Wildman–Crippen LogP) is 2.80. The Morgan fingerprint density at radius 1 is 1.31 bits per heavy atom. The Labute approximate surface area is 156 Å². The van der Waals surface area contributed by atoms with E-state index in [1.54, 1.807) is 6.20 Å². The van der Waals surface area contributed by atoms with Crippen molar-refractivity contribution in [1.82, 2.24) is 20.1 Å². The van der Waals surface area contributed by atoms with E-state index in [0.29, 0.717) is 13.0 Å². The van der Waals surface area contributed by atoms with E-state index in [1.807, 2.05) is 28.0 Å². The summed E-state index contributed by atoms with van der Waals surface area (Å²) in [5.41, 5.74) is 0.950. The maximum absolute atomic E-state index is 12.5. The quantitative estimate of drug-likeness (QED) is 0.823. The van der Waals surface area contributed by atoms with Crippen LogP contribution in [0.1, 0.15) is 51.1 Å². The second-order valence-corrected chi connectivity index (χ2v) is 7.68. The van der Waals surface area contributed by atoms with Crippen molar-refractivity contribution in [2.45, 2.75) is 52.0 Å². The number of nitrogens with zero attached hydrogens (tertiary/aromatic N) is 3. The third-order valence-electron chi connectivity index (χ3n) is 5.58. The zero-order valence-electron chi connectivity index (χ0n) is 15.7. The lowest BCUT2D eigenvalue weighted by atomic mass is 9.73. The van der Waals surface area contributed by atoms with Gasteiger partial charge in [0.05, 0.1) is 12.2 Å². The van der Waals surface area contributed by atoms with Crippen LogP contribution >= 0.6 is 0 Å². The fourth-order valence-electron chi connectivity index (χ4n) is 4.13. The molecule has 142 valence electrons. The summed E-state index contributed by atoms with van der Waals surface area (Å²) >= 11 is 0. The molecule has 1 N–H and O–H groups in total. The summed E-state index contributed by atoms with van der Waals surface area (Å²) in [5.74, 6) is 0.200. The van der Waals surface area contributed by atoms with Gasteiger partial charge in [-0.3, -0.25) is 9.78 Å². The summed E-state index contributed by atoms with van der Waals surface area (Å²) in [6, 6.07) is 5.85. The van der Waals surface area contributed by atoms with Crippen LogP contribution in [-0.4, -0.2) is 52.9 Å². The maximum Gasteiger partial charge on any atom is 0.317 e. The summed E-state index contributed by atoms with van der Waals surface area (Å²) in [6.45, 7) is 5.70. The number of aromatic nitrogens is 1. The number of hydrogen-bond donors (Lipinski definition) is 1. The number of rotatable bonds is 5. The van der Waals surface area contributed by atoms with E-state index >= 15 is 0 Å². The van der Waals surface area contributed by atoms with Gasteiger partial charge in [-0.25, -0.2) is 4.79 Å². The summed E-state index contributed by atoms with van der Waals surface area (Å²) in [5, 5.41) is 3.03. The molecule has 26 heavy (non-hydrogen) atoms. The minimum absolute atomic E-state index is 0.0308. The fraction of sp³-hybridized carbons (Fsp3) is 0.650. The van der Waals surface area contributed by atoms with Crippen LogP contribution in [0.2, 0.25) is 0 Å². The van der Waals surface area contributed by atoms with Crippen LogP contribution in [0.4, 0.5) is 4.79 Å². The number of urea groups is 1. The molecule has 1 spiro atoms. The zero-order chi connectivity index (χ0) is 18.4. The molecule has 3 rings (SSSR count). The Hall–Kier alpha value is -2.11. The maximum atomic E-state index is 12.5. The molecule has 2 aliphatic heterocycles. The number of carbonyl (C=O) groups excluding carboxylic acids is 2. The Morgan fingerprint density at radius 3 is 2.96 bits per heavy atom. The molecule has 1 aromatic rings. The molecule has 6 nitrogen and oxygen atoms in total. The normalized spacial score (nSPS) is 23.3. The highest BCUT2D eigenvalue weighted by Crippen LogP contribution is 2.39. The molecular formula is C20H30N4O2. The third-order valence-corrected chi connectivity index (χ3v) is 5.58. The van der Waals surface area contributed by atoms with Gasteiger partial charge in [0.1, 0.15) is 0 Å². The van der Waals surface area contributed by atoms with Crippen molar-refractivity contribution in [3.05, 3.63) is 30.1 Å². The van der Waals surface area contributed by atoms with E-state index in [9.17, 15) is 9.59 Å². The number of carbonyl (C=O) groups is 2. The van der Waals surface area contributed by atoms with Crippen LogP contribution in [0.25, 0.3) is 0 Å². The average molecular weight is 358 g/mol. The van der Waals surface area contributed by atoms with E-state index in [4.69, 9.17) is 0 Å². The first kappa shape index (κ1) is 18.7. The molecule has 0 unspecified atom stereocenters. The number of likely N-dealkylation sites (tertiary alicyclic amines) is 2. The van der Waals surface area contributed by atoms with Crippen LogP contribution in [0.5, 0.6) is 0 Å². The molecular weight excluding hydrogens is 328 g/mol. The number of nitrogens with one attached hydrogen (secondary N) is 1. The number of unbranched alkanes of at least 4 members (excludes halogenated alkanes) is 1. The van der Waals surface area contributed by atoms with Crippen LogP contribution in [0.3, 0.4) is 0 Å². The molecule has 1 aromatic heterocycles. The second kappa shape index (κ2) is 8.52. The predicted molar refractivity (Wildman–Crippen MR) is 100 cm³/mol. The van der Waals surface area contributed by atoms with Gasteiger partial charge in [-0.05, 0) is 37.8 Å². The van der Waals surface area contributed by atoms with Crippen molar-refractivity contribution in [3.63, 3.8) is 0 Å². The van der Waals surface area contributed by atoms with Gasteiger partial charge >= 0.3 is 6.03 Å². The van der Waals surface area contributed by atoms with Gasteiger partial charge in [-0.15, -0.1) is 0 Å². The van der Waals surface area contributed by atoms with Crippen LogP contribution in [-0.2, 0) is 11.3 Å². The summed E-state index contributed by atoms with van der Waals surface area (Å²) in [4.78, 5) is 33.1. The largest absolute Gasteiger partial charge is 0.338 e. The minimum Gasteiger partial charge on any atom is -0.338 e.